The summed E-state index contributed by atoms with van der Waals surface area (Å²) in [5.74, 6) is 0.123. The number of hydrogen-bond acceptors (Lipinski definition) is 7. The van der Waals surface area contributed by atoms with Crippen LogP contribution in [0.25, 0.3) is 11.2 Å². The zero-order valence-corrected chi connectivity index (χ0v) is 14.2. The monoisotopic (exact) mass is 341 g/mol. The van der Waals surface area contributed by atoms with E-state index in [1.165, 1.54) is 7.11 Å². The molecule has 0 aliphatic carbocycles. The van der Waals surface area contributed by atoms with Crippen LogP contribution >= 0.6 is 0 Å². The van der Waals surface area contributed by atoms with Crippen LogP contribution < -0.4 is 5.73 Å². The van der Waals surface area contributed by atoms with Crippen molar-refractivity contribution in [1.82, 2.24) is 19.5 Å². The van der Waals surface area contributed by atoms with Crippen molar-refractivity contribution in [3.05, 3.63) is 41.2 Å². The quantitative estimate of drug-likeness (QED) is 0.694. The SMILES string of the molecule is COC(=O)C(C)c1ccc(Cn2c(O)nc3c(N)nc(C)nc32)cc1. The van der Waals surface area contributed by atoms with Crippen molar-refractivity contribution in [2.45, 2.75) is 26.3 Å². The largest absolute Gasteiger partial charge is 0.480 e. The number of fused-ring (bicyclic) bond motifs is 1. The standard InChI is InChI=1S/C17H19N5O3/c1-9(16(23)25-3)12-6-4-11(5-7-12)8-22-15-13(21-17(22)24)14(18)19-10(2)20-15/h4-7,9H,8H2,1-3H3,(H,21,24)(H2,18,19,20). The average Bonchev–Trinajstić information content (AvgIpc) is 2.90. The second kappa shape index (κ2) is 6.39. The number of aromatic hydroxyl groups is 1. The molecule has 0 saturated carbocycles. The van der Waals surface area contributed by atoms with Gasteiger partial charge >= 0.3 is 5.97 Å². The third kappa shape index (κ3) is 3.10. The second-order valence-corrected chi connectivity index (χ2v) is 5.81. The molecule has 0 aliphatic rings. The number of nitrogen functional groups attached to an aromatic ring is 1. The molecule has 2 heterocycles. The summed E-state index contributed by atoms with van der Waals surface area (Å²) in [6.07, 6.45) is 0. The van der Waals surface area contributed by atoms with Crippen LogP contribution in [-0.2, 0) is 16.1 Å². The molecule has 1 atom stereocenters. The number of nitrogens with two attached hydrogens (primary N) is 1. The number of methoxy groups -OCH3 is 1. The molecule has 0 spiro atoms. The molecule has 8 nitrogen and oxygen atoms in total. The number of aryl methyl sites for hydroxylation is 1. The summed E-state index contributed by atoms with van der Waals surface area (Å²) in [4.78, 5) is 24.0. The zero-order valence-electron chi connectivity index (χ0n) is 14.2. The zero-order chi connectivity index (χ0) is 18.1. The minimum atomic E-state index is -0.336. The molecular weight excluding hydrogens is 322 g/mol. The summed E-state index contributed by atoms with van der Waals surface area (Å²) >= 11 is 0. The maximum absolute atomic E-state index is 11.6. The average molecular weight is 341 g/mol. The van der Waals surface area contributed by atoms with E-state index in [2.05, 4.69) is 15.0 Å². The molecule has 3 aromatic rings. The van der Waals surface area contributed by atoms with Crippen LogP contribution in [0.15, 0.2) is 24.3 Å². The van der Waals surface area contributed by atoms with Gasteiger partial charge in [-0.2, -0.15) is 4.98 Å². The number of benzene rings is 1. The topological polar surface area (TPSA) is 116 Å². The summed E-state index contributed by atoms with van der Waals surface area (Å²) in [6.45, 7) is 3.89. The minimum absolute atomic E-state index is 0.173. The number of aromatic nitrogens is 4. The summed E-state index contributed by atoms with van der Waals surface area (Å²) in [5.41, 5.74) is 8.48. The van der Waals surface area contributed by atoms with Crippen LogP contribution in [0.5, 0.6) is 6.01 Å². The van der Waals surface area contributed by atoms with Crippen LogP contribution in [0, 0.1) is 6.92 Å². The van der Waals surface area contributed by atoms with Gasteiger partial charge in [0.1, 0.15) is 5.82 Å². The normalized spacial score (nSPS) is 12.3. The first-order valence-electron chi connectivity index (χ1n) is 7.76. The number of anilines is 1. The molecule has 1 unspecified atom stereocenters. The fraction of sp³-hybridized carbons (Fsp3) is 0.294. The van der Waals surface area contributed by atoms with Crippen LogP contribution in [0.3, 0.4) is 0 Å². The van der Waals surface area contributed by atoms with Crippen LogP contribution in [0.4, 0.5) is 5.82 Å². The maximum Gasteiger partial charge on any atom is 0.312 e. The molecular formula is C17H19N5O3. The van der Waals surface area contributed by atoms with Crippen molar-refractivity contribution in [2.75, 3.05) is 12.8 Å². The van der Waals surface area contributed by atoms with Gasteiger partial charge in [0.25, 0.3) is 6.01 Å². The Morgan fingerprint density at radius 3 is 2.60 bits per heavy atom. The number of rotatable bonds is 4. The summed E-state index contributed by atoms with van der Waals surface area (Å²) in [6, 6.07) is 7.33. The van der Waals surface area contributed by atoms with Gasteiger partial charge in [0, 0.05) is 0 Å². The minimum Gasteiger partial charge on any atom is -0.480 e. The lowest BCUT2D eigenvalue weighted by atomic mass is 10.00. The third-order valence-corrected chi connectivity index (χ3v) is 4.09. The van der Waals surface area contributed by atoms with E-state index in [4.69, 9.17) is 10.5 Å². The highest BCUT2D eigenvalue weighted by Gasteiger charge is 2.17. The predicted molar refractivity (Wildman–Crippen MR) is 92.1 cm³/mol. The van der Waals surface area contributed by atoms with E-state index >= 15 is 0 Å². The van der Waals surface area contributed by atoms with Gasteiger partial charge in [0.15, 0.2) is 17.0 Å². The van der Waals surface area contributed by atoms with E-state index < -0.39 is 0 Å². The lowest BCUT2D eigenvalue weighted by Crippen LogP contribution is -2.10. The van der Waals surface area contributed by atoms with Gasteiger partial charge in [-0.1, -0.05) is 24.3 Å². The van der Waals surface area contributed by atoms with Crippen molar-refractivity contribution in [3.63, 3.8) is 0 Å². The van der Waals surface area contributed by atoms with E-state index in [0.717, 1.165) is 11.1 Å². The molecule has 0 bridgehead atoms. The molecule has 130 valence electrons. The highest BCUT2D eigenvalue weighted by atomic mass is 16.5. The smallest absolute Gasteiger partial charge is 0.312 e. The van der Waals surface area contributed by atoms with E-state index in [-0.39, 0.29) is 23.7 Å². The van der Waals surface area contributed by atoms with Crippen LogP contribution in [0.2, 0.25) is 0 Å². The number of carbonyl (C=O) groups is 1. The fourth-order valence-corrected chi connectivity index (χ4v) is 2.68. The molecule has 2 aromatic heterocycles. The number of imidazole rings is 1. The highest BCUT2D eigenvalue weighted by molar-refractivity contribution is 5.82. The van der Waals surface area contributed by atoms with E-state index in [0.29, 0.717) is 23.5 Å². The van der Waals surface area contributed by atoms with Crippen molar-refractivity contribution < 1.29 is 14.6 Å². The first kappa shape index (κ1) is 16.7. The van der Waals surface area contributed by atoms with E-state index in [1.807, 2.05) is 24.3 Å². The lowest BCUT2D eigenvalue weighted by molar-refractivity contribution is -0.141. The van der Waals surface area contributed by atoms with Crippen molar-refractivity contribution in [1.29, 1.82) is 0 Å². The van der Waals surface area contributed by atoms with Gasteiger partial charge in [-0.3, -0.25) is 9.36 Å². The van der Waals surface area contributed by atoms with E-state index in [1.54, 1.807) is 18.4 Å². The Morgan fingerprint density at radius 2 is 1.96 bits per heavy atom. The molecule has 0 saturated heterocycles. The predicted octanol–water partition coefficient (Wildman–Crippen LogP) is 1.75. The number of nitrogens with zero attached hydrogens (tertiary/aromatic N) is 4. The molecule has 0 aliphatic heterocycles. The highest BCUT2D eigenvalue weighted by Crippen LogP contribution is 2.24. The summed E-state index contributed by atoms with van der Waals surface area (Å²) in [5, 5.41) is 10.1. The number of carbonyl (C=O) groups excluding carboxylic acids is 1. The van der Waals surface area contributed by atoms with Gasteiger partial charge in [-0.25, -0.2) is 9.97 Å². The molecule has 3 N–H and O–H groups in total. The molecule has 25 heavy (non-hydrogen) atoms. The Kier molecular flexibility index (Phi) is 4.26. The van der Waals surface area contributed by atoms with Crippen LogP contribution in [0.1, 0.15) is 29.8 Å². The van der Waals surface area contributed by atoms with Gasteiger partial charge in [-0.15, -0.1) is 0 Å². The Balaban J connectivity index is 1.92. The Morgan fingerprint density at radius 1 is 1.28 bits per heavy atom. The van der Waals surface area contributed by atoms with Gasteiger partial charge in [-0.05, 0) is 25.0 Å². The molecule has 3 rings (SSSR count). The van der Waals surface area contributed by atoms with Crippen molar-refractivity contribution in [2.24, 2.45) is 0 Å². The van der Waals surface area contributed by atoms with Gasteiger partial charge in [0.05, 0.1) is 19.6 Å². The van der Waals surface area contributed by atoms with Crippen molar-refractivity contribution >= 4 is 23.0 Å². The molecule has 0 fully saturated rings. The first-order valence-corrected chi connectivity index (χ1v) is 7.76. The Labute approximate surface area is 144 Å². The van der Waals surface area contributed by atoms with Gasteiger partial charge < -0.3 is 15.6 Å². The lowest BCUT2D eigenvalue weighted by Gasteiger charge is -2.11. The summed E-state index contributed by atoms with van der Waals surface area (Å²) < 4.78 is 6.33. The number of ether oxygens (including phenoxy) is 1. The molecule has 1 aromatic carbocycles. The molecule has 0 radical (unpaired) electrons. The van der Waals surface area contributed by atoms with E-state index in [9.17, 15) is 9.90 Å². The fourth-order valence-electron chi connectivity index (χ4n) is 2.68. The van der Waals surface area contributed by atoms with Crippen molar-refractivity contribution in [3.8, 4) is 6.01 Å². The Hall–Kier alpha value is -3.16. The maximum atomic E-state index is 11.6. The Bertz CT molecular complexity index is 934. The summed E-state index contributed by atoms with van der Waals surface area (Å²) in [7, 11) is 1.37. The number of hydrogen-bond donors (Lipinski definition) is 2. The second-order valence-electron chi connectivity index (χ2n) is 5.81. The third-order valence-electron chi connectivity index (χ3n) is 4.09. The van der Waals surface area contributed by atoms with Crippen LogP contribution in [-0.4, -0.2) is 37.7 Å². The molecule has 8 heteroatoms. The van der Waals surface area contributed by atoms with Gasteiger partial charge in [0.2, 0.25) is 0 Å². The molecule has 0 amide bonds. The number of esters is 1. The first-order chi connectivity index (χ1) is 11.9.